The van der Waals surface area contributed by atoms with Crippen LogP contribution in [-0.4, -0.2) is 23.6 Å². The van der Waals surface area contributed by atoms with Crippen LogP contribution in [0, 0.1) is 11.7 Å². The molecule has 0 bridgehead atoms. The van der Waals surface area contributed by atoms with Gasteiger partial charge in [-0.1, -0.05) is 0 Å². The molecule has 1 aliphatic carbocycles. The van der Waals surface area contributed by atoms with Crippen molar-refractivity contribution in [1.82, 2.24) is 0 Å². The Bertz CT molecular complexity index is 486. The summed E-state index contributed by atoms with van der Waals surface area (Å²) in [4.78, 5) is 24.6. The third-order valence-corrected chi connectivity index (χ3v) is 4.62. The summed E-state index contributed by atoms with van der Waals surface area (Å²) in [5, 5.41) is -0.147. The maximum atomic E-state index is 12.8. The minimum atomic E-state index is -0.299. The Morgan fingerprint density at radius 2 is 2.05 bits per heavy atom. The van der Waals surface area contributed by atoms with Crippen LogP contribution in [-0.2, 0) is 14.3 Å². The van der Waals surface area contributed by atoms with E-state index in [1.807, 2.05) is 0 Å². The minimum absolute atomic E-state index is 0.0728. The van der Waals surface area contributed by atoms with Gasteiger partial charge in [-0.25, -0.2) is 4.39 Å². The minimum Gasteiger partial charge on any atom is -0.466 e. The molecule has 108 valence electrons. The third kappa shape index (κ3) is 3.82. The molecule has 3 nitrogen and oxygen atoms in total. The first-order valence-electron chi connectivity index (χ1n) is 6.71. The molecule has 1 aromatic carbocycles. The topological polar surface area (TPSA) is 43.4 Å². The standard InChI is InChI=1S/C15H17FO3S/c1-2-19-15(18)10-3-8-14(13(17)9-10)20-12-6-4-11(16)5-7-12/h4-7,10,14H,2-3,8-9H2,1H3. The molecule has 1 saturated carbocycles. The largest absolute Gasteiger partial charge is 0.466 e. The highest BCUT2D eigenvalue weighted by molar-refractivity contribution is 8.00. The second-order valence-electron chi connectivity index (χ2n) is 4.76. The van der Waals surface area contributed by atoms with Gasteiger partial charge in [-0.05, 0) is 44.0 Å². The van der Waals surface area contributed by atoms with E-state index >= 15 is 0 Å². The van der Waals surface area contributed by atoms with Crippen LogP contribution in [0.25, 0.3) is 0 Å². The zero-order valence-electron chi connectivity index (χ0n) is 11.3. The number of ether oxygens (including phenoxy) is 1. The summed E-state index contributed by atoms with van der Waals surface area (Å²) >= 11 is 1.44. The number of hydrogen-bond acceptors (Lipinski definition) is 4. The number of thioether (sulfide) groups is 1. The van der Waals surface area contributed by atoms with Crippen LogP contribution < -0.4 is 0 Å². The van der Waals surface area contributed by atoms with Gasteiger partial charge in [0.05, 0.1) is 17.8 Å². The van der Waals surface area contributed by atoms with Crippen molar-refractivity contribution in [3.05, 3.63) is 30.1 Å². The lowest BCUT2D eigenvalue weighted by Gasteiger charge is -2.25. The van der Waals surface area contributed by atoms with Crippen LogP contribution in [0.3, 0.4) is 0 Å². The molecule has 2 rings (SSSR count). The third-order valence-electron chi connectivity index (χ3n) is 3.30. The quantitative estimate of drug-likeness (QED) is 0.800. The molecule has 0 amide bonds. The normalized spacial score (nSPS) is 22.6. The van der Waals surface area contributed by atoms with Gasteiger partial charge in [0.2, 0.25) is 0 Å². The predicted octanol–water partition coefficient (Wildman–Crippen LogP) is 3.22. The van der Waals surface area contributed by atoms with Crippen molar-refractivity contribution in [3.63, 3.8) is 0 Å². The SMILES string of the molecule is CCOC(=O)C1CCC(Sc2ccc(F)cc2)C(=O)C1. The first-order valence-corrected chi connectivity index (χ1v) is 7.59. The number of rotatable bonds is 4. The smallest absolute Gasteiger partial charge is 0.309 e. The summed E-state index contributed by atoms with van der Waals surface area (Å²) in [5.41, 5.74) is 0. The van der Waals surface area contributed by atoms with Crippen molar-refractivity contribution in [3.8, 4) is 0 Å². The number of carbonyl (C=O) groups excluding carboxylic acids is 2. The molecular weight excluding hydrogens is 279 g/mol. The van der Waals surface area contributed by atoms with Gasteiger partial charge in [0.15, 0.2) is 0 Å². The highest BCUT2D eigenvalue weighted by Gasteiger charge is 2.33. The molecule has 5 heteroatoms. The van der Waals surface area contributed by atoms with Crippen molar-refractivity contribution in [1.29, 1.82) is 0 Å². The number of ketones is 1. The lowest BCUT2D eigenvalue weighted by molar-refractivity contribution is -0.150. The van der Waals surface area contributed by atoms with Gasteiger partial charge in [-0.2, -0.15) is 0 Å². The van der Waals surface area contributed by atoms with E-state index in [1.165, 1.54) is 23.9 Å². The van der Waals surface area contributed by atoms with Crippen LogP contribution in [0.2, 0.25) is 0 Å². The van der Waals surface area contributed by atoms with E-state index < -0.39 is 0 Å². The summed E-state index contributed by atoms with van der Waals surface area (Å²) < 4.78 is 17.8. The van der Waals surface area contributed by atoms with Gasteiger partial charge in [0.25, 0.3) is 0 Å². The Morgan fingerprint density at radius 1 is 1.35 bits per heavy atom. The zero-order valence-corrected chi connectivity index (χ0v) is 12.1. The number of carbonyl (C=O) groups is 2. The highest BCUT2D eigenvalue weighted by Crippen LogP contribution is 2.34. The van der Waals surface area contributed by atoms with Crippen molar-refractivity contribution in [2.45, 2.75) is 36.3 Å². The average molecular weight is 296 g/mol. The summed E-state index contributed by atoms with van der Waals surface area (Å²) in [6.45, 7) is 2.10. The molecular formula is C15H17FO3S. The van der Waals surface area contributed by atoms with Crippen LogP contribution >= 0.6 is 11.8 Å². The Balaban J connectivity index is 1.91. The zero-order chi connectivity index (χ0) is 14.5. The van der Waals surface area contributed by atoms with E-state index in [9.17, 15) is 14.0 Å². The lowest BCUT2D eigenvalue weighted by atomic mass is 9.88. The first-order chi connectivity index (χ1) is 9.60. The fourth-order valence-corrected chi connectivity index (χ4v) is 3.36. The van der Waals surface area contributed by atoms with Crippen LogP contribution in [0.5, 0.6) is 0 Å². The van der Waals surface area contributed by atoms with E-state index in [0.29, 0.717) is 19.4 Å². The molecule has 0 saturated heterocycles. The molecule has 2 unspecified atom stereocenters. The number of hydrogen-bond donors (Lipinski definition) is 0. The Kier molecular flexibility index (Phi) is 5.17. The molecule has 1 aliphatic rings. The predicted molar refractivity (Wildman–Crippen MR) is 75.0 cm³/mol. The molecule has 0 heterocycles. The van der Waals surface area contributed by atoms with Crippen LogP contribution in [0.15, 0.2) is 29.2 Å². The fraction of sp³-hybridized carbons (Fsp3) is 0.467. The van der Waals surface area contributed by atoms with Gasteiger partial charge in [-0.3, -0.25) is 9.59 Å². The summed E-state index contributed by atoms with van der Waals surface area (Å²) in [6, 6.07) is 6.11. The maximum Gasteiger partial charge on any atom is 0.309 e. The Labute approximate surface area is 121 Å². The summed E-state index contributed by atoms with van der Waals surface area (Å²) in [7, 11) is 0. The van der Waals surface area contributed by atoms with Crippen molar-refractivity contribution >= 4 is 23.5 Å². The molecule has 0 aromatic heterocycles. The summed E-state index contributed by atoms with van der Waals surface area (Å²) in [6.07, 6.45) is 1.57. The molecule has 1 aromatic rings. The average Bonchev–Trinajstić information content (AvgIpc) is 2.43. The number of benzene rings is 1. The van der Waals surface area contributed by atoms with Gasteiger partial charge >= 0.3 is 5.97 Å². The Morgan fingerprint density at radius 3 is 2.65 bits per heavy atom. The molecule has 1 fully saturated rings. The maximum absolute atomic E-state index is 12.8. The first kappa shape index (κ1) is 15.0. The van der Waals surface area contributed by atoms with Gasteiger partial charge in [-0.15, -0.1) is 11.8 Å². The second-order valence-corrected chi connectivity index (χ2v) is 6.03. The van der Waals surface area contributed by atoms with Gasteiger partial charge < -0.3 is 4.74 Å². The van der Waals surface area contributed by atoms with Crippen molar-refractivity contribution < 1.29 is 18.7 Å². The lowest BCUT2D eigenvalue weighted by Crippen LogP contribution is -2.32. The van der Waals surface area contributed by atoms with Gasteiger partial charge in [0.1, 0.15) is 11.6 Å². The second kappa shape index (κ2) is 6.88. The van der Waals surface area contributed by atoms with Crippen molar-refractivity contribution in [2.24, 2.45) is 5.92 Å². The fourth-order valence-electron chi connectivity index (χ4n) is 2.25. The molecule has 0 aliphatic heterocycles. The monoisotopic (exact) mass is 296 g/mol. The molecule has 20 heavy (non-hydrogen) atoms. The van der Waals surface area contributed by atoms with E-state index in [2.05, 4.69) is 0 Å². The molecule has 0 radical (unpaired) electrons. The van der Waals surface area contributed by atoms with E-state index in [0.717, 1.165) is 4.90 Å². The van der Waals surface area contributed by atoms with Crippen molar-refractivity contribution in [2.75, 3.05) is 6.61 Å². The van der Waals surface area contributed by atoms with Crippen LogP contribution in [0.4, 0.5) is 4.39 Å². The molecule has 2 atom stereocenters. The molecule has 0 N–H and O–H groups in total. The number of Topliss-reactive ketones (excluding diaryl/α,β-unsaturated/α-hetero) is 1. The van der Waals surface area contributed by atoms with E-state index in [4.69, 9.17) is 4.74 Å². The molecule has 0 spiro atoms. The Hall–Kier alpha value is -1.36. The summed E-state index contributed by atoms with van der Waals surface area (Å²) in [5.74, 6) is -0.783. The van der Waals surface area contributed by atoms with E-state index in [1.54, 1.807) is 19.1 Å². The van der Waals surface area contributed by atoms with E-state index in [-0.39, 0.29) is 35.2 Å². The van der Waals surface area contributed by atoms with Gasteiger partial charge in [0, 0.05) is 11.3 Å². The van der Waals surface area contributed by atoms with Crippen LogP contribution in [0.1, 0.15) is 26.2 Å². The number of halogens is 1. The highest BCUT2D eigenvalue weighted by atomic mass is 32.2. The number of esters is 1.